The van der Waals surface area contributed by atoms with Gasteiger partial charge in [-0.2, -0.15) is 0 Å². The molecule has 3 aromatic rings. The Balaban J connectivity index is 2.16. The Morgan fingerprint density at radius 1 is 1.03 bits per heavy atom. The normalized spacial score (nSPS) is 11.1. The monoisotopic (exact) mass is 431 g/mol. The van der Waals surface area contributed by atoms with Crippen molar-refractivity contribution in [1.82, 2.24) is 0 Å². The van der Waals surface area contributed by atoms with Gasteiger partial charge in [0.05, 0.1) is 31.3 Å². The minimum Gasteiger partial charge on any atom is -0.497 e. The van der Waals surface area contributed by atoms with E-state index in [1.165, 1.54) is 30.7 Å². The van der Waals surface area contributed by atoms with Crippen molar-refractivity contribution in [1.29, 1.82) is 0 Å². The van der Waals surface area contributed by atoms with Gasteiger partial charge in [0.15, 0.2) is 0 Å². The van der Waals surface area contributed by atoms with Gasteiger partial charge in [0, 0.05) is 0 Å². The van der Waals surface area contributed by atoms with Gasteiger partial charge in [-0.25, -0.2) is 13.2 Å². The minimum atomic E-state index is -3.96. The standard InChI is InChI=1S/C21H21NO5S2/c1-15-14-28-20(21(23)27-3)19(15)22(13-16-7-5-4-6-8-16)29(24,25)18-11-9-17(26-2)10-12-18/h4-12,14H,13H2,1-3H3. The SMILES string of the molecule is COC(=O)c1scc(C)c1N(Cc1ccccc1)S(=O)(=O)c1ccc(OC)cc1. The molecule has 6 nitrogen and oxygen atoms in total. The minimum absolute atomic E-state index is 0.0801. The van der Waals surface area contributed by atoms with Crippen LogP contribution in [0.25, 0.3) is 0 Å². The smallest absolute Gasteiger partial charge is 0.350 e. The van der Waals surface area contributed by atoms with E-state index in [9.17, 15) is 13.2 Å². The van der Waals surface area contributed by atoms with E-state index in [4.69, 9.17) is 9.47 Å². The van der Waals surface area contributed by atoms with Crippen LogP contribution in [-0.2, 0) is 21.3 Å². The molecule has 0 bridgehead atoms. The Morgan fingerprint density at radius 3 is 2.28 bits per heavy atom. The first kappa shape index (κ1) is 20.9. The molecule has 0 N–H and O–H groups in total. The van der Waals surface area contributed by atoms with Crippen LogP contribution in [0.4, 0.5) is 5.69 Å². The highest BCUT2D eigenvalue weighted by Crippen LogP contribution is 2.36. The lowest BCUT2D eigenvalue weighted by Crippen LogP contribution is -2.32. The van der Waals surface area contributed by atoms with E-state index in [0.29, 0.717) is 17.0 Å². The van der Waals surface area contributed by atoms with Gasteiger partial charge in [-0.1, -0.05) is 30.3 Å². The third-order valence-electron chi connectivity index (χ3n) is 4.38. The molecule has 0 amide bonds. The Bertz CT molecular complexity index is 1090. The lowest BCUT2D eigenvalue weighted by molar-refractivity contribution is 0.0607. The number of rotatable bonds is 7. The molecular weight excluding hydrogens is 410 g/mol. The summed E-state index contributed by atoms with van der Waals surface area (Å²) in [6, 6.07) is 15.4. The van der Waals surface area contributed by atoms with Crippen LogP contribution >= 0.6 is 11.3 Å². The average Bonchev–Trinajstić information content (AvgIpc) is 3.13. The molecule has 0 aliphatic carbocycles. The third kappa shape index (κ3) is 4.28. The van der Waals surface area contributed by atoms with Crippen LogP contribution in [0.2, 0.25) is 0 Å². The van der Waals surface area contributed by atoms with E-state index in [1.54, 1.807) is 24.4 Å². The quantitative estimate of drug-likeness (QED) is 0.523. The zero-order chi connectivity index (χ0) is 21.0. The van der Waals surface area contributed by atoms with E-state index < -0.39 is 16.0 Å². The molecule has 0 fully saturated rings. The number of sulfonamides is 1. The Kier molecular flexibility index (Phi) is 6.24. The highest BCUT2D eigenvalue weighted by atomic mass is 32.2. The molecule has 29 heavy (non-hydrogen) atoms. The molecule has 0 unspecified atom stereocenters. The summed E-state index contributed by atoms with van der Waals surface area (Å²) in [4.78, 5) is 12.7. The average molecular weight is 432 g/mol. The number of thiophene rings is 1. The first-order valence-electron chi connectivity index (χ1n) is 8.75. The van der Waals surface area contributed by atoms with E-state index in [0.717, 1.165) is 16.9 Å². The summed E-state index contributed by atoms with van der Waals surface area (Å²) in [5, 5.41) is 1.75. The zero-order valence-electron chi connectivity index (χ0n) is 16.3. The summed E-state index contributed by atoms with van der Waals surface area (Å²) in [6.45, 7) is 1.86. The highest BCUT2D eigenvalue weighted by Gasteiger charge is 2.31. The number of hydrogen-bond acceptors (Lipinski definition) is 6. The number of benzene rings is 2. The number of ether oxygens (including phenoxy) is 2. The predicted octanol–water partition coefficient (Wildman–Crippen LogP) is 4.25. The van der Waals surface area contributed by atoms with Crippen molar-refractivity contribution in [2.75, 3.05) is 18.5 Å². The summed E-state index contributed by atoms with van der Waals surface area (Å²) >= 11 is 1.16. The van der Waals surface area contributed by atoms with Crippen molar-refractivity contribution in [2.45, 2.75) is 18.4 Å². The Hall–Kier alpha value is -2.84. The maximum Gasteiger partial charge on any atom is 0.350 e. The number of aryl methyl sites for hydroxylation is 1. The van der Waals surface area contributed by atoms with Crippen LogP contribution in [0.1, 0.15) is 20.8 Å². The van der Waals surface area contributed by atoms with Gasteiger partial charge >= 0.3 is 5.97 Å². The number of hydrogen-bond donors (Lipinski definition) is 0. The summed E-state index contributed by atoms with van der Waals surface area (Å²) in [5.41, 5.74) is 1.82. The van der Waals surface area contributed by atoms with Crippen LogP contribution in [0.5, 0.6) is 5.75 Å². The molecule has 0 aliphatic rings. The van der Waals surface area contributed by atoms with Gasteiger partial charge in [0.25, 0.3) is 10.0 Å². The molecule has 152 valence electrons. The Morgan fingerprint density at radius 2 is 1.69 bits per heavy atom. The van der Waals surface area contributed by atoms with Gasteiger partial charge in [-0.3, -0.25) is 4.31 Å². The van der Waals surface area contributed by atoms with E-state index in [2.05, 4.69) is 0 Å². The van der Waals surface area contributed by atoms with Gasteiger partial charge in [0.2, 0.25) is 0 Å². The van der Waals surface area contributed by atoms with Gasteiger partial charge < -0.3 is 9.47 Å². The van der Waals surface area contributed by atoms with Crippen molar-refractivity contribution < 1.29 is 22.7 Å². The first-order chi connectivity index (χ1) is 13.9. The van der Waals surface area contributed by atoms with Crippen molar-refractivity contribution in [3.63, 3.8) is 0 Å². The number of carbonyl (C=O) groups is 1. The number of nitrogens with zero attached hydrogens (tertiary/aromatic N) is 1. The van der Waals surface area contributed by atoms with Crippen molar-refractivity contribution in [3.8, 4) is 5.75 Å². The van der Waals surface area contributed by atoms with E-state index in [-0.39, 0.29) is 16.3 Å². The molecule has 1 aromatic heterocycles. The second-order valence-electron chi connectivity index (χ2n) is 6.26. The third-order valence-corrected chi connectivity index (χ3v) is 7.21. The summed E-state index contributed by atoms with van der Waals surface area (Å²) in [7, 11) is -1.16. The molecule has 0 saturated carbocycles. The van der Waals surface area contributed by atoms with Crippen LogP contribution in [0.3, 0.4) is 0 Å². The molecule has 0 radical (unpaired) electrons. The predicted molar refractivity (Wildman–Crippen MR) is 113 cm³/mol. The number of anilines is 1. The largest absolute Gasteiger partial charge is 0.497 e. The lowest BCUT2D eigenvalue weighted by Gasteiger charge is -2.26. The molecule has 0 spiro atoms. The molecule has 8 heteroatoms. The van der Waals surface area contributed by atoms with Crippen LogP contribution in [0.15, 0.2) is 64.9 Å². The topological polar surface area (TPSA) is 72.9 Å². The molecule has 2 aromatic carbocycles. The Labute approximate surface area is 174 Å². The second kappa shape index (κ2) is 8.67. The van der Waals surface area contributed by atoms with Crippen LogP contribution < -0.4 is 9.04 Å². The fourth-order valence-electron chi connectivity index (χ4n) is 2.89. The fraction of sp³-hybridized carbons (Fsp3) is 0.190. The summed E-state index contributed by atoms with van der Waals surface area (Å²) in [6.07, 6.45) is 0. The number of methoxy groups -OCH3 is 2. The molecule has 0 atom stereocenters. The van der Waals surface area contributed by atoms with Gasteiger partial charge in [0.1, 0.15) is 10.6 Å². The second-order valence-corrected chi connectivity index (χ2v) is 9.00. The highest BCUT2D eigenvalue weighted by molar-refractivity contribution is 7.92. The van der Waals surface area contributed by atoms with Crippen molar-refractivity contribution in [2.24, 2.45) is 0 Å². The summed E-state index contributed by atoms with van der Waals surface area (Å²) < 4.78 is 38.4. The van der Waals surface area contributed by atoms with E-state index in [1.807, 2.05) is 30.3 Å². The fourth-order valence-corrected chi connectivity index (χ4v) is 5.45. The van der Waals surface area contributed by atoms with Crippen molar-refractivity contribution >= 4 is 33.0 Å². The van der Waals surface area contributed by atoms with Crippen LogP contribution in [0, 0.1) is 6.92 Å². The summed E-state index contributed by atoms with van der Waals surface area (Å²) in [5.74, 6) is -0.0124. The van der Waals surface area contributed by atoms with Gasteiger partial charge in [-0.15, -0.1) is 11.3 Å². The number of carbonyl (C=O) groups excluding carboxylic acids is 1. The maximum absolute atomic E-state index is 13.6. The van der Waals surface area contributed by atoms with Gasteiger partial charge in [-0.05, 0) is 47.7 Å². The first-order valence-corrected chi connectivity index (χ1v) is 11.1. The molecular formula is C21H21NO5S2. The molecule has 0 saturated heterocycles. The van der Waals surface area contributed by atoms with Crippen molar-refractivity contribution in [3.05, 3.63) is 76.0 Å². The molecule has 3 rings (SSSR count). The molecule has 1 heterocycles. The number of esters is 1. The zero-order valence-corrected chi connectivity index (χ0v) is 17.9. The van der Waals surface area contributed by atoms with Crippen LogP contribution in [-0.4, -0.2) is 28.6 Å². The maximum atomic E-state index is 13.6. The molecule has 0 aliphatic heterocycles. The van der Waals surface area contributed by atoms with E-state index >= 15 is 0 Å². The lowest BCUT2D eigenvalue weighted by atomic mass is 10.2.